The molecule has 2 rings (SSSR count). The Morgan fingerprint density at radius 2 is 2.28 bits per heavy atom. The van der Waals surface area contributed by atoms with Gasteiger partial charge in [0.05, 0.1) is 11.9 Å². The maximum absolute atomic E-state index is 5.94. The van der Waals surface area contributed by atoms with Crippen molar-refractivity contribution < 1.29 is 0 Å². The Hall–Kier alpha value is -0.800. The monoisotopic (exact) mass is 267 g/mol. The second-order valence-corrected chi connectivity index (χ2v) is 5.40. The predicted molar refractivity (Wildman–Crippen MR) is 77.4 cm³/mol. The van der Waals surface area contributed by atoms with Crippen LogP contribution in [0.5, 0.6) is 0 Å². The van der Waals surface area contributed by atoms with Crippen LogP contribution < -0.4 is 5.32 Å². The summed E-state index contributed by atoms with van der Waals surface area (Å²) in [6.45, 7) is 7.81. The third-order valence-electron chi connectivity index (χ3n) is 3.65. The van der Waals surface area contributed by atoms with E-state index in [4.69, 9.17) is 11.6 Å². The summed E-state index contributed by atoms with van der Waals surface area (Å²) in [6.07, 6.45) is 5.54. The van der Waals surface area contributed by atoms with Gasteiger partial charge in [-0.3, -0.25) is 0 Å². The molecule has 0 bridgehead atoms. The fourth-order valence-electron chi connectivity index (χ4n) is 2.49. The molecule has 1 saturated heterocycles. The minimum Gasteiger partial charge on any atom is -0.381 e. The van der Waals surface area contributed by atoms with Gasteiger partial charge in [-0.15, -0.1) is 0 Å². The van der Waals surface area contributed by atoms with E-state index in [9.17, 15) is 0 Å². The summed E-state index contributed by atoms with van der Waals surface area (Å²) < 4.78 is 0. The summed E-state index contributed by atoms with van der Waals surface area (Å²) >= 11 is 5.94. The van der Waals surface area contributed by atoms with Crippen LogP contribution in [0.25, 0.3) is 0 Å². The van der Waals surface area contributed by atoms with Crippen molar-refractivity contribution in [2.75, 3.05) is 25.0 Å². The first-order chi connectivity index (χ1) is 8.69. The van der Waals surface area contributed by atoms with Gasteiger partial charge in [0.2, 0.25) is 0 Å². The molecule has 1 unspecified atom stereocenters. The smallest absolute Gasteiger partial charge is 0.132 e. The topological polar surface area (TPSA) is 28.2 Å². The van der Waals surface area contributed by atoms with Crippen molar-refractivity contribution >= 4 is 17.3 Å². The quantitative estimate of drug-likeness (QED) is 0.852. The van der Waals surface area contributed by atoms with Crippen molar-refractivity contribution in [3.63, 3.8) is 0 Å². The van der Waals surface area contributed by atoms with Gasteiger partial charge >= 0.3 is 0 Å². The van der Waals surface area contributed by atoms with Crippen LogP contribution in [0.3, 0.4) is 0 Å². The number of likely N-dealkylation sites (tertiary alicyclic amines) is 1. The second-order valence-electron chi connectivity index (χ2n) is 5.04. The van der Waals surface area contributed by atoms with Crippen molar-refractivity contribution in [3.8, 4) is 0 Å². The van der Waals surface area contributed by atoms with Crippen LogP contribution in [-0.4, -0.2) is 35.6 Å². The highest BCUT2D eigenvalue weighted by Crippen LogP contribution is 2.20. The van der Waals surface area contributed by atoms with Gasteiger partial charge in [-0.2, -0.15) is 0 Å². The summed E-state index contributed by atoms with van der Waals surface area (Å²) in [6, 6.07) is 2.64. The van der Waals surface area contributed by atoms with Gasteiger partial charge in [-0.25, -0.2) is 4.98 Å². The lowest BCUT2D eigenvalue weighted by Gasteiger charge is -2.19. The maximum atomic E-state index is 5.94. The molecule has 0 spiro atoms. The molecule has 100 valence electrons. The van der Waals surface area contributed by atoms with Crippen molar-refractivity contribution in [1.29, 1.82) is 0 Å². The molecule has 3 nitrogen and oxygen atoms in total. The first kappa shape index (κ1) is 13.6. The van der Waals surface area contributed by atoms with Crippen LogP contribution in [0.15, 0.2) is 12.3 Å². The van der Waals surface area contributed by atoms with E-state index < -0.39 is 0 Å². The Morgan fingerprint density at radius 1 is 1.44 bits per heavy atom. The number of aryl methyl sites for hydroxylation is 1. The fourth-order valence-corrected chi connectivity index (χ4v) is 2.59. The number of nitrogens with one attached hydrogen (secondary N) is 1. The van der Waals surface area contributed by atoms with Crippen LogP contribution in [-0.2, 0) is 0 Å². The van der Waals surface area contributed by atoms with Crippen LogP contribution in [0.2, 0.25) is 5.15 Å². The van der Waals surface area contributed by atoms with Gasteiger partial charge in [-0.1, -0.05) is 18.5 Å². The normalized spacial score (nSPS) is 21.6. The Labute approximate surface area is 115 Å². The van der Waals surface area contributed by atoms with Gasteiger partial charge in [-0.05, 0) is 50.9 Å². The zero-order valence-corrected chi connectivity index (χ0v) is 12.0. The number of hydrogen-bond donors (Lipinski definition) is 1. The highest BCUT2D eigenvalue weighted by atomic mass is 35.5. The molecule has 1 atom stereocenters. The molecule has 0 aliphatic carbocycles. The van der Waals surface area contributed by atoms with Crippen molar-refractivity contribution in [2.45, 2.75) is 39.2 Å². The molecule has 0 aromatic carbocycles. The third-order valence-corrected chi connectivity index (χ3v) is 4.05. The lowest BCUT2D eigenvalue weighted by atomic mass is 10.1. The SMILES string of the molecule is CCN1CCCC(Nc2cnc(Cl)c(C)c2)CC1. The van der Waals surface area contributed by atoms with Crippen LogP contribution in [0, 0.1) is 6.92 Å². The Bertz CT molecular complexity index is 395. The molecular weight excluding hydrogens is 246 g/mol. The molecule has 0 amide bonds. The Balaban J connectivity index is 1.94. The molecule has 0 saturated carbocycles. The molecule has 2 heterocycles. The van der Waals surface area contributed by atoms with Crippen molar-refractivity contribution in [2.24, 2.45) is 0 Å². The first-order valence-electron chi connectivity index (χ1n) is 6.80. The average Bonchev–Trinajstić information content (AvgIpc) is 2.59. The molecule has 1 fully saturated rings. The zero-order valence-electron chi connectivity index (χ0n) is 11.2. The molecule has 1 aliphatic rings. The van der Waals surface area contributed by atoms with Gasteiger partial charge in [0.25, 0.3) is 0 Å². The van der Waals surface area contributed by atoms with Gasteiger partial charge in [0, 0.05) is 12.6 Å². The molecular formula is C14H22ClN3. The minimum absolute atomic E-state index is 0.559. The van der Waals surface area contributed by atoms with Crippen LogP contribution in [0.4, 0.5) is 5.69 Å². The summed E-state index contributed by atoms with van der Waals surface area (Å²) in [5.41, 5.74) is 2.12. The summed E-state index contributed by atoms with van der Waals surface area (Å²) in [5.74, 6) is 0. The van der Waals surface area contributed by atoms with E-state index in [0.29, 0.717) is 11.2 Å². The van der Waals surface area contributed by atoms with E-state index in [2.05, 4.69) is 28.2 Å². The van der Waals surface area contributed by atoms with E-state index >= 15 is 0 Å². The van der Waals surface area contributed by atoms with Crippen LogP contribution in [0.1, 0.15) is 31.7 Å². The molecule has 1 aromatic heterocycles. The molecule has 0 radical (unpaired) electrons. The zero-order chi connectivity index (χ0) is 13.0. The fraction of sp³-hybridized carbons (Fsp3) is 0.643. The van der Waals surface area contributed by atoms with E-state index in [-0.39, 0.29) is 0 Å². The first-order valence-corrected chi connectivity index (χ1v) is 7.18. The summed E-state index contributed by atoms with van der Waals surface area (Å²) in [7, 11) is 0. The number of aromatic nitrogens is 1. The highest BCUT2D eigenvalue weighted by Gasteiger charge is 2.15. The second kappa shape index (κ2) is 6.39. The van der Waals surface area contributed by atoms with E-state index in [1.165, 1.54) is 32.4 Å². The Kier molecular flexibility index (Phi) is 4.84. The average molecular weight is 268 g/mol. The molecule has 1 aliphatic heterocycles. The number of halogens is 1. The largest absolute Gasteiger partial charge is 0.381 e. The van der Waals surface area contributed by atoms with Gasteiger partial charge < -0.3 is 10.2 Å². The summed E-state index contributed by atoms with van der Waals surface area (Å²) in [4.78, 5) is 6.71. The highest BCUT2D eigenvalue weighted by molar-refractivity contribution is 6.30. The molecule has 1 N–H and O–H groups in total. The van der Waals surface area contributed by atoms with Gasteiger partial charge in [0.15, 0.2) is 0 Å². The lowest BCUT2D eigenvalue weighted by Crippen LogP contribution is -2.26. The number of pyridine rings is 1. The standard InChI is InChI=1S/C14H22ClN3/c1-3-18-7-4-5-12(6-8-18)17-13-9-11(2)14(15)16-10-13/h9-10,12,17H,3-8H2,1-2H3. The number of nitrogens with zero attached hydrogens (tertiary/aromatic N) is 2. The number of rotatable bonds is 3. The van der Waals surface area contributed by atoms with E-state index in [1.54, 1.807) is 0 Å². The van der Waals surface area contributed by atoms with Crippen molar-refractivity contribution in [1.82, 2.24) is 9.88 Å². The lowest BCUT2D eigenvalue weighted by molar-refractivity contribution is 0.300. The molecule has 1 aromatic rings. The van der Waals surface area contributed by atoms with E-state index in [1.807, 2.05) is 13.1 Å². The maximum Gasteiger partial charge on any atom is 0.132 e. The summed E-state index contributed by atoms with van der Waals surface area (Å²) in [5, 5.41) is 4.18. The van der Waals surface area contributed by atoms with E-state index in [0.717, 1.165) is 17.8 Å². The van der Waals surface area contributed by atoms with Gasteiger partial charge in [0.1, 0.15) is 5.15 Å². The molecule has 4 heteroatoms. The predicted octanol–water partition coefficient (Wildman–Crippen LogP) is 3.33. The molecule has 18 heavy (non-hydrogen) atoms. The number of anilines is 1. The van der Waals surface area contributed by atoms with Crippen molar-refractivity contribution in [3.05, 3.63) is 23.0 Å². The number of hydrogen-bond acceptors (Lipinski definition) is 3. The van der Waals surface area contributed by atoms with Crippen LogP contribution >= 0.6 is 11.6 Å². The third kappa shape index (κ3) is 3.59. The minimum atomic E-state index is 0.559. The Morgan fingerprint density at radius 3 is 3.00 bits per heavy atom.